The fourth-order valence-electron chi connectivity index (χ4n) is 2.64. The largest absolute Gasteiger partial charge is 0.397 e. The Morgan fingerprint density at radius 2 is 2.00 bits per heavy atom. The predicted molar refractivity (Wildman–Crippen MR) is 85.4 cm³/mol. The van der Waals surface area contributed by atoms with Crippen LogP contribution in [0.4, 0.5) is 5.69 Å². The Balaban J connectivity index is 1.79. The van der Waals surface area contributed by atoms with Crippen molar-refractivity contribution in [1.82, 2.24) is 19.7 Å². The first-order chi connectivity index (χ1) is 10.1. The lowest BCUT2D eigenvalue weighted by Gasteiger charge is -2.32. The summed E-state index contributed by atoms with van der Waals surface area (Å²) >= 11 is 0. The van der Waals surface area contributed by atoms with Crippen LogP contribution in [0.5, 0.6) is 0 Å². The normalized spacial score (nSPS) is 17.0. The Labute approximate surface area is 126 Å². The summed E-state index contributed by atoms with van der Waals surface area (Å²) in [4.78, 5) is 17.0. The summed E-state index contributed by atoms with van der Waals surface area (Å²) in [6.45, 7) is 8.84. The van der Waals surface area contributed by atoms with Crippen molar-refractivity contribution in [3.8, 4) is 0 Å². The van der Waals surface area contributed by atoms with Crippen molar-refractivity contribution < 1.29 is 4.79 Å². The number of piperazine rings is 1. The number of hydrogen-bond donors (Lipinski definition) is 2. The zero-order chi connectivity index (χ0) is 15.2. The summed E-state index contributed by atoms with van der Waals surface area (Å²) in [6, 6.07) is 1.75. The third kappa shape index (κ3) is 4.47. The number of nitrogen functional groups attached to an aromatic ring is 1. The predicted octanol–water partition coefficient (Wildman–Crippen LogP) is 0.458. The van der Waals surface area contributed by atoms with Crippen molar-refractivity contribution >= 4 is 11.6 Å². The minimum atomic E-state index is -0.0331. The highest BCUT2D eigenvalue weighted by Crippen LogP contribution is 2.11. The van der Waals surface area contributed by atoms with Crippen LogP contribution in [-0.4, -0.2) is 66.6 Å². The van der Waals surface area contributed by atoms with E-state index in [0.717, 1.165) is 45.7 Å². The molecule has 2 heterocycles. The molecule has 1 amide bonds. The number of nitrogens with two attached hydrogens (primary N) is 1. The monoisotopic (exact) mass is 293 g/mol. The van der Waals surface area contributed by atoms with Crippen LogP contribution in [0.2, 0.25) is 0 Å². The van der Waals surface area contributed by atoms with E-state index >= 15 is 0 Å². The zero-order valence-corrected chi connectivity index (χ0v) is 13.1. The summed E-state index contributed by atoms with van der Waals surface area (Å²) in [5.41, 5.74) is 7.10. The van der Waals surface area contributed by atoms with E-state index in [-0.39, 0.29) is 5.91 Å². The Morgan fingerprint density at radius 3 is 2.67 bits per heavy atom. The molecule has 1 aliphatic rings. The van der Waals surface area contributed by atoms with E-state index in [4.69, 9.17) is 5.73 Å². The molecule has 1 saturated heterocycles. The lowest BCUT2D eigenvalue weighted by atomic mass is 10.3. The van der Waals surface area contributed by atoms with Gasteiger partial charge >= 0.3 is 0 Å². The number of nitrogens with one attached hydrogen (secondary N) is 1. The number of carbonyl (C=O) groups excluding carboxylic acids is 1. The van der Waals surface area contributed by atoms with E-state index in [1.54, 1.807) is 6.07 Å². The van der Waals surface area contributed by atoms with Gasteiger partial charge in [-0.3, -0.25) is 9.69 Å². The Kier molecular flexibility index (Phi) is 5.64. The lowest BCUT2D eigenvalue weighted by molar-refractivity contribution is 0.0931. The van der Waals surface area contributed by atoms with Gasteiger partial charge in [0.2, 0.25) is 0 Å². The number of likely N-dealkylation sites (N-methyl/N-ethyl adjacent to an activating group) is 1. The minimum absolute atomic E-state index is 0.0331. The number of aryl methyl sites for hydroxylation is 1. The standard InChI is InChI=1S/C15H27N5O/c1-3-5-20-12-13(16)11-14(20)15(21)17-4-6-19-9-7-18(2)8-10-19/h11-12H,3-10,16H2,1-2H3,(H,17,21). The van der Waals surface area contributed by atoms with Crippen molar-refractivity contribution in [1.29, 1.82) is 0 Å². The van der Waals surface area contributed by atoms with Crippen LogP contribution < -0.4 is 11.1 Å². The van der Waals surface area contributed by atoms with Crippen molar-refractivity contribution in [2.24, 2.45) is 0 Å². The van der Waals surface area contributed by atoms with E-state index in [1.807, 2.05) is 10.8 Å². The first-order valence-corrected chi connectivity index (χ1v) is 7.75. The van der Waals surface area contributed by atoms with Crippen LogP contribution in [0, 0.1) is 0 Å². The van der Waals surface area contributed by atoms with Crippen molar-refractivity contribution in [3.63, 3.8) is 0 Å². The van der Waals surface area contributed by atoms with Crippen molar-refractivity contribution in [2.45, 2.75) is 19.9 Å². The Hall–Kier alpha value is -1.53. The second-order valence-corrected chi connectivity index (χ2v) is 5.75. The fourth-order valence-corrected chi connectivity index (χ4v) is 2.64. The molecular weight excluding hydrogens is 266 g/mol. The number of nitrogens with zero attached hydrogens (tertiary/aromatic N) is 3. The van der Waals surface area contributed by atoms with E-state index in [1.165, 1.54) is 0 Å². The average Bonchev–Trinajstić information content (AvgIpc) is 2.82. The molecular formula is C15H27N5O. The van der Waals surface area contributed by atoms with Crippen LogP contribution in [-0.2, 0) is 6.54 Å². The van der Waals surface area contributed by atoms with Crippen LogP contribution in [0.15, 0.2) is 12.3 Å². The molecule has 0 spiro atoms. The van der Waals surface area contributed by atoms with E-state index in [0.29, 0.717) is 17.9 Å². The topological polar surface area (TPSA) is 66.5 Å². The maximum atomic E-state index is 12.2. The highest BCUT2D eigenvalue weighted by atomic mass is 16.1. The molecule has 6 nitrogen and oxygen atoms in total. The Morgan fingerprint density at radius 1 is 1.29 bits per heavy atom. The van der Waals surface area contributed by atoms with Crippen LogP contribution in [0.1, 0.15) is 23.8 Å². The molecule has 1 fully saturated rings. The van der Waals surface area contributed by atoms with E-state index < -0.39 is 0 Å². The van der Waals surface area contributed by atoms with Crippen LogP contribution in [0.3, 0.4) is 0 Å². The summed E-state index contributed by atoms with van der Waals surface area (Å²) in [6.07, 6.45) is 2.81. The number of aromatic nitrogens is 1. The molecule has 118 valence electrons. The number of amides is 1. The van der Waals surface area contributed by atoms with Crippen LogP contribution in [0.25, 0.3) is 0 Å². The average molecular weight is 293 g/mol. The molecule has 6 heteroatoms. The molecule has 2 rings (SSSR count). The van der Waals surface area contributed by atoms with E-state index in [9.17, 15) is 4.79 Å². The van der Waals surface area contributed by atoms with Gasteiger partial charge in [0, 0.05) is 52.0 Å². The number of hydrogen-bond acceptors (Lipinski definition) is 4. The maximum Gasteiger partial charge on any atom is 0.268 e. The molecule has 0 radical (unpaired) electrons. The SMILES string of the molecule is CCCn1cc(N)cc1C(=O)NCCN1CCN(C)CC1. The molecule has 0 atom stereocenters. The number of anilines is 1. The van der Waals surface area contributed by atoms with Gasteiger partial charge in [0.1, 0.15) is 5.69 Å². The quantitative estimate of drug-likeness (QED) is 0.799. The van der Waals surface area contributed by atoms with Gasteiger partial charge < -0.3 is 20.5 Å². The second-order valence-electron chi connectivity index (χ2n) is 5.75. The van der Waals surface area contributed by atoms with Gasteiger partial charge in [-0.2, -0.15) is 0 Å². The van der Waals surface area contributed by atoms with Crippen LogP contribution >= 0.6 is 0 Å². The van der Waals surface area contributed by atoms with Crippen molar-refractivity contribution in [3.05, 3.63) is 18.0 Å². The number of rotatable bonds is 6. The first kappa shape index (κ1) is 15.9. The van der Waals surface area contributed by atoms with Gasteiger partial charge in [0.05, 0.1) is 5.69 Å². The molecule has 1 aliphatic heterocycles. The second kappa shape index (κ2) is 7.47. The maximum absolute atomic E-state index is 12.2. The first-order valence-electron chi connectivity index (χ1n) is 7.75. The third-order valence-electron chi connectivity index (χ3n) is 3.92. The molecule has 1 aromatic heterocycles. The summed E-state index contributed by atoms with van der Waals surface area (Å²) in [5, 5.41) is 3.00. The summed E-state index contributed by atoms with van der Waals surface area (Å²) in [7, 11) is 2.14. The minimum Gasteiger partial charge on any atom is -0.397 e. The van der Waals surface area contributed by atoms with Crippen molar-refractivity contribution in [2.75, 3.05) is 52.0 Å². The Bertz CT molecular complexity index is 463. The molecule has 21 heavy (non-hydrogen) atoms. The fraction of sp³-hybridized carbons (Fsp3) is 0.667. The zero-order valence-electron chi connectivity index (χ0n) is 13.1. The molecule has 1 aromatic rings. The summed E-state index contributed by atoms with van der Waals surface area (Å²) < 4.78 is 1.93. The molecule has 0 bridgehead atoms. The van der Waals surface area contributed by atoms with Gasteiger partial charge in [0.15, 0.2) is 0 Å². The molecule has 3 N–H and O–H groups in total. The molecule has 0 aromatic carbocycles. The van der Waals surface area contributed by atoms with Gasteiger partial charge in [-0.1, -0.05) is 6.92 Å². The van der Waals surface area contributed by atoms with E-state index in [2.05, 4.69) is 29.1 Å². The highest BCUT2D eigenvalue weighted by molar-refractivity contribution is 5.93. The third-order valence-corrected chi connectivity index (χ3v) is 3.92. The smallest absolute Gasteiger partial charge is 0.268 e. The van der Waals surface area contributed by atoms with Gasteiger partial charge in [-0.25, -0.2) is 0 Å². The highest BCUT2D eigenvalue weighted by Gasteiger charge is 2.15. The number of carbonyl (C=O) groups is 1. The molecule has 0 aliphatic carbocycles. The van der Waals surface area contributed by atoms with Gasteiger partial charge in [-0.05, 0) is 19.5 Å². The summed E-state index contributed by atoms with van der Waals surface area (Å²) in [5.74, 6) is -0.0331. The van der Waals surface area contributed by atoms with Gasteiger partial charge in [0.25, 0.3) is 5.91 Å². The lowest BCUT2D eigenvalue weighted by Crippen LogP contribution is -2.47. The molecule has 0 unspecified atom stereocenters. The molecule has 0 saturated carbocycles. The van der Waals surface area contributed by atoms with Gasteiger partial charge in [-0.15, -0.1) is 0 Å².